The van der Waals surface area contributed by atoms with Gasteiger partial charge in [-0.25, -0.2) is 4.79 Å². The molecule has 0 radical (unpaired) electrons. The fourth-order valence-electron chi connectivity index (χ4n) is 1.80. The predicted octanol–water partition coefficient (Wildman–Crippen LogP) is 3.90. The highest BCUT2D eigenvalue weighted by atomic mass is 19.4. The minimum Gasteiger partial charge on any atom is -0.478 e. The van der Waals surface area contributed by atoms with E-state index >= 15 is 0 Å². The molecule has 108 valence electrons. The van der Waals surface area contributed by atoms with Crippen LogP contribution < -0.4 is 0 Å². The van der Waals surface area contributed by atoms with E-state index in [2.05, 4.69) is 0 Å². The monoisotopic (exact) mass is 297 g/mol. The second-order valence-electron chi connectivity index (χ2n) is 3.94. The predicted molar refractivity (Wildman–Crippen MR) is 55.3 cm³/mol. The van der Waals surface area contributed by atoms with E-state index in [-0.39, 0.29) is 5.52 Å². The van der Waals surface area contributed by atoms with Gasteiger partial charge in [-0.15, -0.1) is 0 Å². The Morgan fingerprint density at radius 2 is 1.65 bits per heavy atom. The van der Waals surface area contributed by atoms with Crippen molar-refractivity contribution in [3.8, 4) is 0 Å². The van der Waals surface area contributed by atoms with Gasteiger partial charge in [0.1, 0.15) is 5.69 Å². The van der Waals surface area contributed by atoms with Crippen LogP contribution in [0.2, 0.25) is 0 Å². The Bertz CT molecular complexity index is 683. The second-order valence-corrected chi connectivity index (χ2v) is 3.94. The van der Waals surface area contributed by atoms with Crippen LogP contribution in [-0.2, 0) is 12.4 Å². The zero-order valence-electron chi connectivity index (χ0n) is 9.36. The van der Waals surface area contributed by atoms with Gasteiger partial charge in [0.15, 0.2) is 0 Å². The van der Waals surface area contributed by atoms with Crippen LogP contribution in [0.1, 0.15) is 21.6 Å². The van der Waals surface area contributed by atoms with Crippen LogP contribution in [0.15, 0.2) is 18.2 Å². The smallest absolute Gasteiger partial charge is 0.432 e. The number of hydrogen-bond donors (Lipinski definition) is 2. The molecule has 1 aromatic heterocycles. The molecule has 20 heavy (non-hydrogen) atoms. The molecule has 0 aliphatic rings. The first-order chi connectivity index (χ1) is 9.01. The Labute approximate surface area is 106 Å². The van der Waals surface area contributed by atoms with Crippen LogP contribution in [0.3, 0.4) is 0 Å². The number of carbonyl (C=O) groups is 1. The molecular weight excluding hydrogens is 292 g/mol. The first kappa shape index (κ1) is 14.2. The summed E-state index contributed by atoms with van der Waals surface area (Å²) < 4.78 is 75.5. The Morgan fingerprint density at radius 3 is 2.10 bits per heavy atom. The third-order valence-corrected chi connectivity index (χ3v) is 2.62. The van der Waals surface area contributed by atoms with Gasteiger partial charge in [0.2, 0.25) is 0 Å². The Balaban J connectivity index is 2.81. The lowest BCUT2D eigenvalue weighted by Gasteiger charge is -2.06. The van der Waals surface area contributed by atoms with Gasteiger partial charge in [-0.05, 0) is 18.2 Å². The van der Waals surface area contributed by atoms with E-state index < -0.39 is 40.5 Å². The molecule has 1 aromatic carbocycles. The van der Waals surface area contributed by atoms with E-state index in [0.29, 0.717) is 12.1 Å². The maximum Gasteiger partial charge on any atom is 0.432 e. The summed E-state index contributed by atoms with van der Waals surface area (Å²) in [6.45, 7) is 0. The summed E-state index contributed by atoms with van der Waals surface area (Å²) in [6.07, 6.45) is -9.79. The van der Waals surface area contributed by atoms with Crippen molar-refractivity contribution in [1.29, 1.82) is 0 Å². The molecule has 0 fully saturated rings. The van der Waals surface area contributed by atoms with E-state index in [1.54, 1.807) is 4.98 Å². The number of halogens is 6. The van der Waals surface area contributed by atoms with E-state index in [1.165, 1.54) is 0 Å². The lowest BCUT2D eigenvalue weighted by atomic mass is 10.1. The lowest BCUT2D eigenvalue weighted by Crippen LogP contribution is -2.12. The van der Waals surface area contributed by atoms with E-state index in [9.17, 15) is 31.1 Å². The highest BCUT2D eigenvalue weighted by Gasteiger charge is 2.39. The SMILES string of the molecule is O=C(O)c1c(C(F)(F)F)[nH]c2ccc(C(F)(F)F)cc12. The highest BCUT2D eigenvalue weighted by Crippen LogP contribution is 2.38. The summed E-state index contributed by atoms with van der Waals surface area (Å²) in [5.74, 6) is -1.96. The topological polar surface area (TPSA) is 53.1 Å². The van der Waals surface area contributed by atoms with Gasteiger partial charge in [-0.2, -0.15) is 26.3 Å². The summed E-state index contributed by atoms with van der Waals surface area (Å²) in [5, 5.41) is 8.17. The first-order valence-electron chi connectivity index (χ1n) is 5.05. The van der Waals surface area contributed by atoms with Crippen molar-refractivity contribution in [2.75, 3.05) is 0 Å². The number of benzene rings is 1. The summed E-state index contributed by atoms with van der Waals surface area (Å²) in [6, 6.07) is 1.72. The molecular formula is C11H5F6NO2. The van der Waals surface area contributed by atoms with Crippen molar-refractivity contribution in [2.45, 2.75) is 12.4 Å². The fraction of sp³-hybridized carbons (Fsp3) is 0.182. The minimum atomic E-state index is -5.01. The number of carboxylic acids is 1. The summed E-state index contributed by atoms with van der Waals surface area (Å²) in [4.78, 5) is 12.7. The number of aromatic nitrogens is 1. The van der Waals surface area contributed by atoms with Crippen LogP contribution >= 0.6 is 0 Å². The normalized spacial score (nSPS) is 12.9. The number of nitrogens with one attached hydrogen (secondary N) is 1. The third-order valence-electron chi connectivity index (χ3n) is 2.62. The molecule has 9 heteroatoms. The average molecular weight is 297 g/mol. The van der Waals surface area contributed by atoms with Gasteiger partial charge in [-0.3, -0.25) is 0 Å². The lowest BCUT2D eigenvalue weighted by molar-refractivity contribution is -0.141. The molecule has 2 rings (SSSR count). The van der Waals surface area contributed by atoms with E-state index in [1.807, 2.05) is 0 Å². The van der Waals surface area contributed by atoms with Crippen molar-refractivity contribution >= 4 is 16.9 Å². The molecule has 0 spiro atoms. The summed E-state index contributed by atoms with van der Waals surface area (Å²) in [7, 11) is 0. The first-order valence-corrected chi connectivity index (χ1v) is 5.05. The average Bonchev–Trinajstić information content (AvgIpc) is 2.65. The molecule has 2 N–H and O–H groups in total. The standard InChI is InChI=1S/C11H5F6NO2/c12-10(13,14)4-1-2-6-5(3-4)7(9(19)20)8(18-6)11(15,16)17/h1-3,18H,(H,19,20). The van der Waals surface area contributed by atoms with Crippen LogP contribution in [0.4, 0.5) is 26.3 Å². The minimum absolute atomic E-state index is 0.331. The molecule has 0 unspecified atom stereocenters. The van der Waals surface area contributed by atoms with Gasteiger partial charge in [0.25, 0.3) is 0 Å². The zero-order valence-corrected chi connectivity index (χ0v) is 9.36. The number of aromatic carboxylic acids is 1. The quantitative estimate of drug-likeness (QED) is 0.784. The molecule has 0 saturated carbocycles. The van der Waals surface area contributed by atoms with Gasteiger partial charge in [0, 0.05) is 10.9 Å². The number of alkyl halides is 6. The van der Waals surface area contributed by atoms with Crippen molar-refractivity contribution < 1.29 is 36.2 Å². The van der Waals surface area contributed by atoms with Crippen molar-refractivity contribution in [1.82, 2.24) is 4.98 Å². The van der Waals surface area contributed by atoms with Gasteiger partial charge >= 0.3 is 18.3 Å². The van der Waals surface area contributed by atoms with Gasteiger partial charge < -0.3 is 10.1 Å². The molecule has 0 atom stereocenters. The maximum absolute atomic E-state index is 12.7. The Hall–Kier alpha value is -2.19. The third kappa shape index (κ3) is 2.30. The number of rotatable bonds is 1. The van der Waals surface area contributed by atoms with Crippen molar-refractivity contribution in [3.63, 3.8) is 0 Å². The van der Waals surface area contributed by atoms with Crippen LogP contribution in [0.25, 0.3) is 10.9 Å². The molecule has 2 aromatic rings. The molecule has 0 aliphatic carbocycles. The van der Waals surface area contributed by atoms with Gasteiger partial charge in [0.05, 0.1) is 11.1 Å². The zero-order chi connectivity index (χ0) is 15.3. The number of aromatic amines is 1. The molecule has 0 amide bonds. The molecule has 1 heterocycles. The summed E-state index contributed by atoms with van der Waals surface area (Å²) in [5.41, 5.74) is -4.36. The highest BCUT2D eigenvalue weighted by molar-refractivity contribution is 6.05. The number of H-pyrrole nitrogens is 1. The Morgan fingerprint density at radius 1 is 1.05 bits per heavy atom. The molecule has 0 aliphatic heterocycles. The van der Waals surface area contributed by atoms with Crippen LogP contribution in [0, 0.1) is 0 Å². The number of fused-ring (bicyclic) bond motifs is 1. The largest absolute Gasteiger partial charge is 0.478 e. The van der Waals surface area contributed by atoms with Crippen LogP contribution in [-0.4, -0.2) is 16.1 Å². The number of carboxylic acid groups (broad SMARTS) is 1. The van der Waals surface area contributed by atoms with Crippen molar-refractivity contribution in [3.05, 3.63) is 35.0 Å². The molecule has 0 bridgehead atoms. The van der Waals surface area contributed by atoms with Gasteiger partial charge in [-0.1, -0.05) is 0 Å². The van der Waals surface area contributed by atoms with Crippen LogP contribution in [0.5, 0.6) is 0 Å². The molecule has 0 saturated heterocycles. The maximum atomic E-state index is 12.7. The number of hydrogen-bond acceptors (Lipinski definition) is 1. The second kappa shape index (κ2) is 4.15. The molecule has 3 nitrogen and oxygen atoms in total. The Kier molecular flexibility index (Phi) is 2.95. The summed E-state index contributed by atoms with van der Waals surface area (Å²) >= 11 is 0. The fourth-order valence-corrected chi connectivity index (χ4v) is 1.80. The van der Waals surface area contributed by atoms with E-state index in [4.69, 9.17) is 5.11 Å². The van der Waals surface area contributed by atoms with Crippen molar-refractivity contribution in [2.24, 2.45) is 0 Å². The van der Waals surface area contributed by atoms with E-state index in [0.717, 1.165) is 6.07 Å².